The highest BCUT2D eigenvalue weighted by Gasteiger charge is 2.38. The van der Waals surface area contributed by atoms with Gasteiger partial charge < -0.3 is 9.64 Å². The molecule has 0 bridgehead atoms. The summed E-state index contributed by atoms with van der Waals surface area (Å²) in [5, 5.41) is 4.65. The van der Waals surface area contributed by atoms with Crippen LogP contribution < -0.4 is 4.74 Å². The van der Waals surface area contributed by atoms with Gasteiger partial charge >= 0.3 is 0 Å². The van der Waals surface area contributed by atoms with E-state index < -0.39 is 0 Å². The third-order valence-electron chi connectivity index (χ3n) is 6.63. The van der Waals surface area contributed by atoms with Crippen molar-refractivity contribution in [2.24, 2.45) is 7.05 Å². The number of nitrogens with zero attached hydrogens (tertiary/aromatic N) is 4. The molecule has 1 aliphatic heterocycles. The number of hydrogen-bond acceptors (Lipinski definition) is 4. The van der Waals surface area contributed by atoms with Crippen molar-refractivity contribution in [2.75, 3.05) is 26.7 Å². The van der Waals surface area contributed by atoms with Gasteiger partial charge in [-0.2, -0.15) is 5.10 Å². The van der Waals surface area contributed by atoms with Crippen LogP contribution in [0.4, 0.5) is 0 Å². The molecule has 1 saturated carbocycles. The van der Waals surface area contributed by atoms with E-state index >= 15 is 0 Å². The molecule has 1 saturated heterocycles. The molecule has 1 aliphatic carbocycles. The fourth-order valence-electron chi connectivity index (χ4n) is 4.78. The van der Waals surface area contributed by atoms with Gasteiger partial charge in [0.1, 0.15) is 11.4 Å². The van der Waals surface area contributed by atoms with E-state index in [1.807, 2.05) is 43.4 Å². The first-order valence-electron chi connectivity index (χ1n) is 11.4. The maximum absolute atomic E-state index is 13.7. The van der Waals surface area contributed by atoms with Crippen molar-refractivity contribution < 1.29 is 9.53 Å². The summed E-state index contributed by atoms with van der Waals surface area (Å²) in [4.78, 5) is 18.4. The number of hydrogen-bond donors (Lipinski definition) is 0. The first-order chi connectivity index (χ1) is 15.6. The smallest absolute Gasteiger partial charge is 0.272 e. The molecular weight excluding hydrogens is 400 g/mol. The SMILES string of the molecule is COc1ccccc1-c1cc(C(=O)N2CCN(C3CC3)CC2Cc2ccccc2)n(C)n1. The number of aromatic nitrogens is 2. The van der Waals surface area contributed by atoms with Gasteiger partial charge in [-0.05, 0) is 43.0 Å². The molecule has 0 radical (unpaired) electrons. The Morgan fingerprint density at radius 1 is 1.06 bits per heavy atom. The molecule has 2 fully saturated rings. The standard InChI is InChI=1S/C26H30N4O2/c1-28-24(17-23(27-28)22-10-6-7-11-25(22)32-2)26(31)30-15-14-29(20-12-13-20)18-21(30)16-19-8-4-3-5-9-19/h3-11,17,20-21H,12-16,18H2,1-2H3. The quantitative estimate of drug-likeness (QED) is 0.599. The summed E-state index contributed by atoms with van der Waals surface area (Å²) in [7, 11) is 3.50. The van der Waals surface area contributed by atoms with Crippen LogP contribution in [0.25, 0.3) is 11.3 Å². The summed E-state index contributed by atoms with van der Waals surface area (Å²) < 4.78 is 7.20. The molecule has 2 aromatic carbocycles. The number of benzene rings is 2. The van der Waals surface area contributed by atoms with Crippen molar-refractivity contribution in [3.8, 4) is 17.0 Å². The van der Waals surface area contributed by atoms with E-state index in [1.54, 1.807) is 11.8 Å². The summed E-state index contributed by atoms with van der Waals surface area (Å²) >= 11 is 0. The van der Waals surface area contributed by atoms with E-state index in [0.29, 0.717) is 11.7 Å². The molecule has 0 spiro atoms. The number of para-hydroxylation sites is 1. The van der Waals surface area contributed by atoms with E-state index in [4.69, 9.17) is 4.74 Å². The van der Waals surface area contributed by atoms with E-state index in [9.17, 15) is 4.79 Å². The number of methoxy groups -OCH3 is 1. The highest BCUT2D eigenvalue weighted by molar-refractivity contribution is 5.94. The highest BCUT2D eigenvalue weighted by Crippen LogP contribution is 2.32. The lowest BCUT2D eigenvalue weighted by Gasteiger charge is -2.41. The maximum atomic E-state index is 13.7. The second kappa shape index (κ2) is 8.79. The van der Waals surface area contributed by atoms with E-state index in [1.165, 1.54) is 18.4 Å². The molecular formula is C26H30N4O2. The Hall–Kier alpha value is -3.12. The van der Waals surface area contributed by atoms with E-state index in [-0.39, 0.29) is 11.9 Å². The van der Waals surface area contributed by atoms with Crippen LogP contribution in [-0.4, -0.2) is 64.3 Å². The summed E-state index contributed by atoms with van der Waals surface area (Å²) in [6, 6.07) is 21.0. The van der Waals surface area contributed by atoms with Gasteiger partial charge in [-0.25, -0.2) is 0 Å². The zero-order chi connectivity index (χ0) is 22.1. The fourth-order valence-corrected chi connectivity index (χ4v) is 4.78. The number of carbonyl (C=O) groups excluding carboxylic acids is 1. The predicted molar refractivity (Wildman–Crippen MR) is 125 cm³/mol. The van der Waals surface area contributed by atoms with Crippen molar-refractivity contribution in [3.63, 3.8) is 0 Å². The molecule has 166 valence electrons. The molecule has 2 heterocycles. The third kappa shape index (κ3) is 4.15. The molecule has 32 heavy (non-hydrogen) atoms. The van der Waals surface area contributed by atoms with Crippen LogP contribution in [0.2, 0.25) is 0 Å². The largest absolute Gasteiger partial charge is 0.496 e. The van der Waals surface area contributed by atoms with Crippen LogP contribution in [0, 0.1) is 0 Å². The number of ether oxygens (including phenoxy) is 1. The van der Waals surface area contributed by atoms with Crippen LogP contribution in [0.1, 0.15) is 28.9 Å². The van der Waals surface area contributed by atoms with Crippen LogP contribution in [0.15, 0.2) is 60.7 Å². The molecule has 6 heteroatoms. The first-order valence-corrected chi connectivity index (χ1v) is 11.4. The van der Waals surface area contributed by atoms with Crippen molar-refractivity contribution in [2.45, 2.75) is 31.3 Å². The highest BCUT2D eigenvalue weighted by atomic mass is 16.5. The maximum Gasteiger partial charge on any atom is 0.272 e. The first kappa shape index (κ1) is 20.8. The van der Waals surface area contributed by atoms with Crippen molar-refractivity contribution in [1.82, 2.24) is 19.6 Å². The second-order valence-electron chi connectivity index (χ2n) is 8.81. The molecule has 1 amide bonds. The normalized spacial score (nSPS) is 19.2. The molecule has 5 rings (SSSR count). The average molecular weight is 431 g/mol. The molecule has 1 atom stereocenters. The topological polar surface area (TPSA) is 50.6 Å². The number of aryl methyl sites for hydroxylation is 1. The van der Waals surface area contributed by atoms with E-state index in [2.05, 4.69) is 39.2 Å². The lowest BCUT2D eigenvalue weighted by Crippen LogP contribution is -2.56. The lowest BCUT2D eigenvalue weighted by molar-refractivity contribution is 0.0427. The Morgan fingerprint density at radius 2 is 1.81 bits per heavy atom. The van der Waals surface area contributed by atoms with Crippen LogP contribution in [0.5, 0.6) is 5.75 Å². The minimum absolute atomic E-state index is 0.0533. The number of amides is 1. The Balaban J connectivity index is 1.42. The van der Waals surface area contributed by atoms with Crippen molar-refractivity contribution in [1.29, 1.82) is 0 Å². The van der Waals surface area contributed by atoms with Crippen molar-refractivity contribution in [3.05, 3.63) is 71.9 Å². The second-order valence-corrected chi connectivity index (χ2v) is 8.81. The lowest BCUT2D eigenvalue weighted by atomic mass is 10.0. The van der Waals surface area contributed by atoms with Gasteiger partial charge in [-0.3, -0.25) is 14.4 Å². The molecule has 3 aromatic rings. The van der Waals surface area contributed by atoms with Gasteiger partial charge in [0.25, 0.3) is 5.91 Å². The average Bonchev–Trinajstić information content (AvgIpc) is 3.61. The Labute approximate surface area is 189 Å². The fraction of sp³-hybridized carbons (Fsp3) is 0.385. The van der Waals surface area contributed by atoms with Crippen LogP contribution in [0.3, 0.4) is 0 Å². The van der Waals surface area contributed by atoms with Gasteiger partial charge in [0.15, 0.2) is 0 Å². The minimum Gasteiger partial charge on any atom is -0.496 e. The van der Waals surface area contributed by atoms with Gasteiger partial charge in [-0.15, -0.1) is 0 Å². The Kier molecular flexibility index (Phi) is 5.70. The summed E-state index contributed by atoms with van der Waals surface area (Å²) in [5.41, 5.74) is 3.53. The van der Waals surface area contributed by atoms with Crippen LogP contribution >= 0.6 is 0 Å². The number of rotatable bonds is 6. The predicted octanol–water partition coefficient (Wildman–Crippen LogP) is 3.63. The number of carbonyl (C=O) groups is 1. The molecule has 0 N–H and O–H groups in total. The van der Waals surface area contributed by atoms with Gasteiger partial charge in [0, 0.05) is 44.3 Å². The molecule has 2 aliphatic rings. The van der Waals surface area contributed by atoms with Crippen LogP contribution in [-0.2, 0) is 13.5 Å². The minimum atomic E-state index is 0.0533. The van der Waals surface area contributed by atoms with Crippen molar-refractivity contribution >= 4 is 5.91 Å². The zero-order valence-corrected chi connectivity index (χ0v) is 18.8. The van der Waals surface area contributed by atoms with Gasteiger partial charge in [0.2, 0.25) is 0 Å². The summed E-state index contributed by atoms with van der Waals surface area (Å²) in [5.74, 6) is 0.808. The third-order valence-corrected chi connectivity index (χ3v) is 6.63. The molecule has 1 aromatic heterocycles. The van der Waals surface area contributed by atoms with Gasteiger partial charge in [0.05, 0.1) is 12.8 Å². The zero-order valence-electron chi connectivity index (χ0n) is 18.8. The summed E-state index contributed by atoms with van der Waals surface area (Å²) in [6.07, 6.45) is 3.44. The molecule has 1 unspecified atom stereocenters. The number of piperazine rings is 1. The van der Waals surface area contributed by atoms with Gasteiger partial charge in [-0.1, -0.05) is 42.5 Å². The molecule has 6 nitrogen and oxygen atoms in total. The summed E-state index contributed by atoms with van der Waals surface area (Å²) in [6.45, 7) is 2.63. The Bertz CT molecular complexity index is 1090. The Morgan fingerprint density at radius 3 is 2.56 bits per heavy atom. The monoisotopic (exact) mass is 430 g/mol. The van der Waals surface area contributed by atoms with E-state index in [0.717, 1.165) is 43.1 Å².